The van der Waals surface area contributed by atoms with Crippen molar-refractivity contribution in [2.45, 2.75) is 17.3 Å². The summed E-state index contributed by atoms with van der Waals surface area (Å²) in [7, 11) is 0. The summed E-state index contributed by atoms with van der Waals surface area (Å²) in [6, 6.07) is 22.9. The fourth-order valence-corrected chi connectivity index (χ4v) is 2.97. The van der Waals surface area contributed by atoms with Crippen molar-refractivity contribution in [1.82, 2.24) is 0 Å². The van der Waals surface area contributed by atoms with Gasteiger partial charge in [0.05, 0.1) is 5.69 Å². The molecule has 4 nitrogen and oxygen atoms in total. The number of hydrogen-bond donors (Lipinski definition) is 1. The van der Waals surface area contributed by atoms with Gasteiger partial charge in [0.1, 0.15) is 18.1 Å². The number of anilines is 1. The van der Waals surface area contributed by atoms with Crippen LogP contribution in [-0.2, 0) is 11.4 Å². The van der Waals surface area contributed by atoms with Crippen LogP contribution < -0.4 is 14.8 Å². The number of benzene rings is 3. The molecule has 0 aromatic heterocycles. The van der Waals surface area contributed by atoms with Gasteiger partial charge in [0.2, 0.25) is 0 Å². The predicted molar refractivity (Wildman–Crippen MR) is 110 cm³/mol. The summed E-state index contributed by atoms with van der Waals surface area (Å²) >= 11 is 0.500. The van der Waals surface area contributed by atoms with Gasteiger partial charge in [-0.05, 0) is 42.0 Å². The Morgan fingerprint density at radius 3 is 2.31 bits per heavy atom. The van der Waals surface area contributed by atoms with Crippen LogP contribution >= 0.6 is 11.8 Å². The van der Waals surface area contributed by atoms with Gasteiger partial charge in [0, 0.05) is 4.90 Å². The van der Waals surface area contributed by atoms with Crippen LogP contribution in [0.15, 0.2) is 83.8 Å². The minimum Gasteiger partial charge on any atom is -0.487 e. The summed E-state index contributed by atoms with van der Waals surface area (Å²) in [5.41, 5.74) is 1.36. The van der Waals surface area contributed by atoms with Crippen LogP contribution in [0.4, 0.5) is 14.5 Å². The lowest BCUT2D eigenvalue weighted by Gasteiger charge is -2.13. The molecule has 29 heavy (non-hydrogen) atoms. The van der Waals surface area contributed by atoms with Crippen LogP contribution in [0.1, 0.15) is 5.56 Å². The molecule has 0 aliphatic carbocycles. The second kappa shape index (κ2) is 10.5. The van der Waals surface area contributed by atoms with Gasteiger partial charge in [-0.25, -0.2) is 0 Å². The molecule has 1 amide bonds. The largest absolute Gasteiger partial charge is 0.487 e. The topological polar surface area (TPSA) is 47.6 Å². The molecular formula is C22H19F2NO3S. The maximum absolute atomic E-state index is 12.4. The first-order valence-corrected chi connectivity index (χ1v) is 9.71. The zero-order valence-corrected chi connectivity index (χ0v) is 16.2. The summed E-state index contributed by atoms with van der Waals surface area (Å²) in [4.78, 5) is 12.7. The molecule has 0 atom stereocenters. The molecule has 3 aromatic rings. The van der Waals surface area contributed by atoms with Crippen molar-refractivity contribution >= 4 is 23.4 Å². The highest BCUT2D eigenvalue weighted by atomic mass is 32.2. The van der Waals surface area contributed by atoms with E-state index in [1.165, 1.54) is 0 Å². The van der Waals surface area contributed by atoms with Gasteiger partial charge >= 0.3 is 0 Å². The van der Waals surface area contributed by atoms with E-state index in [9.17, 15) is 13.6 Å². The molecule has 0 radical (unpaired) electrons. The molecule has 0 bridgehead atoms. The predicted octanol–water partition coefficient (Wildman–Crippen LogP) is 5.60. The van der Waals surface area contributed by atoms with E-state index >= 15 is 0 Å². The Balaban J connectivity index is 1.55. The smallest absolute Gasteiger partial charge is 0.288 e. The Hall–Kier alpha value is -3.06. The number of para-hydroxylation sites is 3. The minimum absolute atomic E-state index is 0.123. The van der Waals surface area contributed by atoms with E-state index in [1.807, 2.05) is 18.2 Å². The SMILES string of the molecule is O=C(COc1ccccc1)Nc1ccccc1OCc1ccc(SC(F)F)cc1. The van der Waals surface area contributed by atoms with Crippen molar-refractivity contribution in [1.29, 1.82) is 0 Å². The number of hydrogen-bond acceptors (Lipinski definition) is 4. The second-order valence-electron chi connectivity index (χ2n) is 5.96. The zero-order chi connectivity index (χ0) is 20.5. The molecule has 0 heterocycles. The average molecular weight is 415 g/mol. The third-order valence-electron chi connectivity index (χ3n) is 3.82. The number of carbonyl (C=O) groups is 1. The molecule has 0 saturated carbocycles. The standard InChI is InChI=1S/C22H19F2NO3S/c23-22(24)29-18-12-10-16(11-13-18)14-28-20-9-5-4-8-19(20)25-21(26)15-27-17-6-2-1-3-7-17/h1-13,22H,14-15H2,(H,25,26). The third-order valence-corrected chi connectivity index (χ3v) is 4.54. The Morgan fingerprint density at radius 1 is 0.897 bits per heavy atom. The van der Waals surface area contributed by atoms with Crippen LogP contribution in [0.3, 0.4) is 0 Å². The van der Waals surface area contributed by atoms with Crippen molar-refractivity contribution in [3.63, 3.8) is 0 Å². The average Bonchev–Trinajstić information content (AvgIpc) is 2.73. The molecular weight excluding hydrogens is 396 g/mol. The van der Waals surface area contributed by atoms with Crippen molar-refractivity contribution in [2.24, 2.45) is 0 Å². The van der Waals surface area contributed by atoms with E-state index in [0.717, 1.165) is 5.56 Å². The van der Waals surface area contributed by atoms with E-state index < -0.39 is 5.76 Å². The Kier molecular flexibility index (Phi) is 7.47. The fourth-order valence-electron chi connectivity index (χ4n) is 2.48. The zero-order valence-electron chi connectivity index (χ0n) is 15.4. The van der Waals surface area contributed by atoms with Crippen molar-refractivity contribution < 1.29 is 23.0 Å². The van der Waals surface area contributed by atoms with Gasteiger partial charge in [-0.2, -0.15) is 8.78 Å². The Morgan fingerprint density at radius 2 is 1.59 bits per heavy atom. The highest BCUT2D eigenvalue weighted by Crippen LogP contribution is 2.27. The number of amides is 1. The number of rotatable bonds is 9. The van der Waals surface area contributed by atoms with E-state index in [2.05, 4.69) is 5.32 Å². The molecule has 0 fully saturated rings. The monoisotopic (exact) mass is 415 g/mol. The Labute approximate surface area is 171 Å². The van der Waals surface area contributed by atoms with Crippen molar-refractivity contribution in [3.8, 4) is 11.5 Å². The number of alkyl halides is 2. The quantitative estimate of drug-likeness (QED) is 0.462. The van der Waals surface area contributed by atoms with Crippen LogP contribution in [0, 0.1) is 0 Å². The molecule has 7 heteroatoms. The van der Waals surface area contributed by atoms with E-state index in [1.54, 1.807) is 60.7 Å². The van der Waals surface area contributed by atoms with Gasteiger partial charge < -0.3 is 14.8 Å². The van der Waals surface area contributed by atoms with E-state index in [-0.39, 0.29) is 19.1 Å². The number of ether oxygens (including phenoxy) is 2. The highest BCUT2D eigenvalue weighted by molar-refractivity contribution is 7.99. The van der Waals surface area contributed by atoms with Crippen LogP contribution in [0.25, 0.3) is 0 Å². The highest BCUT2D eigenvalue weighted by Gasteiger charge is 2.09. The number of nitrogens with one attached hydrogen (secondary N) is 1. The first-order chi connectivity index (χ1) is 14.1. The molecule has 1 N–H and O–H groups in total. The number of carbonyl (C=O) groups excluding carboxylic acids is 1. The molecule has 150 valence electrons. The normalized spacial score (nSPS) is 10.6. The van der Waals surface area contributed by atoms with Gasteiger partial charge in [0.25, 0.3) is 11.7 Å². The number of halogens is 2. The third kappa shape index (κ3) is 6.80. The molecule has 0 unspecified atom stereocenters. The molecule has 0 spiro atoms. The summed E-state index contributed by atoms with van der Waals surface area (Å²) in [5.74, 6) is -1.64. The van der Waals surface area contributed by atoms with Crippen LogP contribution in [-0.4, -0.2) is 18.3 Å². The van der Waals surface area contributed by atoms with Gasteiger partial charge in [-0.1, -0.05) is 54.2 Å². The lowest BCUT2D eigenvalue weighted by atomic mass is 10.2. The van der Waals surface area contributed by atoms with Gasteiger partial charge in [0.15, 0.2) is 6.61 Å². The first-order valence-electron chi connectivity index (χ1n) is 8.83. The molecule has 0 saturated heterocycles. The first kappa shape index (κ1) is 20.7. The summed E-state index contributed by atoms with van der Waals surface area (Å²) in [6.07, 6.45) is 0. The molecule has 0 aliphatic rings. The maximum Gasteiger partial charge on any atom is 0.288 e. The summed E-state index contributed by atoms with van der Waals surface area (Å²) in [6.45, 7) is 0.120. The molecule has 0 aliphatic heterocycles. The summed E-state index contributed by atoms with van der Waals surface area (Å²) in [5, 5.41) is 2.77. The Bertz CT molecular complexity index is 921. The lowest BCUT2D eigenvalue weighted by Crippen LogP contribution is -2.20. The van der Waals surface area contributed by atoms with Crippen LogP contribution in [0.5, 0.6) is 11.5 Å². The van der Waals surface area contributed by atoms with E-state index in [0.29, 0.717) is 33.8 Å². The molecule has 3 aromatic carbocycles. The fraction of sp³-hybridized carbons (Fsp3) is 0.136. The van der Waals surface area contributed by atoms with Crippen molar-refractivity contribution in [2.75, 3.05) is 11.9 Å². The lowest BCUT2D eigenvalue weighted by molar-refractivity contribution is -0.118. The maximum atomic E-state index is 12.4. The summed E-state index contributed by atoms with van der Waals surface area (Å²) < 4.78 is 36.0. The van der Waals surface area contributed by atoms with Crippen LogP contribution in [0.2, 0.25) is 0 Å². The second-order valence-corrected chi connectivity index (χ2v) is 7.02. The van der Waals surface area contributed by atoms with Crippen molar-refractivity contribution in [3.05, 3.63) is 84.4 Å². The van der Waals surface area contributed by atoms with Gasteiger partial charge in [-0.3, -0.25) is 4.79 Å². The minimum atomic E-state index is -2.45. The number of thioether (sulfide) groups is 1. The molecule has 3 rings (SSSR count). The van der Waals surface area contributed by atoms with E-state index in [4.69, 9.17) is 9.47 Å². The van der Waals surface area contributed by atoms with Gasteiger partial charge in [-0.15, -0.1) is 0 Å².